The van der Waals surface area contributed by atoms with Gasteiger partial charge in [-0.25, -0.2) is 4.79 Å². The maximum atomic E-state index is 12.9. The molecule has 3 aromatic rings. The molecule has 152 valence electrons. The molecule has 3 rings (SSSR count). The predicted octanol–water partition coefficient (Wildman–Crippen LogP) is 4.03. The summed E-state index contributed by atoms with van der Waals surface area (Å²) in [5.41, 5.74) is 3.87. The monoisotopic (exact) mass is 412 g/mol. The zero-order valence-corrected chi connectivity index (χ0v) is 18.0. The second kappa shape index (κ2) is 8.65. The van der Waals surface area contributed by atoms with Gasteiger partial charge >= 0.3 is 5.97 Å². The van der Waals surface area contributed by atoms with Gasteiger partial charge in [0.1, 0.15) is 6.33 Å². The number of methoxy groups -OCH3 is 1. The SMILES string of the molecule is COC(=O)c1ccc(-n2c(C)cc(C(=O)CSc3nncn3C(C)C)c2C)cc1. The molecule has 0 saturated heterocycles. The molecule has 2 heterocycles. The van der Waals surface area contributed by atoms with E-state index in [-0.39, 0.29) is 23.5 Å². The Morgan fingerprint density at radius 2 is 1.86 bits per heavy atom. The molecule has 0 radical (unpaired) electrons. The molecule has 0 saturated carbocycles. The number of aromatic nitrogens is 4. The molecule has 0 fully saturated rings. The van der Waals surface area contributed by atoms with E-state index in [2.05, 4.69) is 10.2 Å². The third-order valence-electron chi connectivity index (χ3n) is 4.71. The molecule has 7 nitrogen and oxygen atoms in total. The predicted molar refractivity (Wildman–Crippen MR) is 112 cm³/mol. The van der Waals surface area contributed by atoms with Crippen molar-refractivity contribution in [3.8, 4) is 5.69 Å². The summed E-state index contributed by atoms with van der Waals surface area (Å²) < 4.78 is 8.70. The lowest BCUT2D eigenvalue weighted by Gasteiger charge is -2.11. The summed E-state index contributed by atoms with van der Waals surface area (Å²) >= 11 is 1.39. The molecule has 0 aliphatic rings. The standard InChI is InChI=1S/C21H24N4O3S/c1-13(2)24-12-22-23-21(24)29-11-19(26)18-10-14(3)25(15(18)4)17-8-6-16(7-9-17)20(27)28-5/h6-10,12-13H,11H2,1-5H3. The molecule has 29 heavy (non-hydrogen) atoms. The number of ether oxygens (including phenoxy) is 1. The Kier molecular flexibility index (Phi) is 6.22. The molecule has 0 spiro atoms. The molecule has 0 unspecified atom stereocenters. The van der Waals surface area contributed by atoms with Crippen molar-refractivity contribution in [3.05, 3.63) is 59.2 Å². The molecule has 0 aliphatic heterocycles. The lowest BCUT2D eigenvalue weighted by Crippen LogP contribution is -2.08. The van der Waals surface area contributed by atoms with Crippen molar-refractivity contribution in [3.63, 3.8) is 0 Å². The van der Waals surface area contributed by atoms with Gasteiger partial charge in [-0.05, 0) is 58.0 Å². The summed E-state index contributed by atoms with van der Waals surface area (Å²) in [7, 11) is 1.36. The minimum absolute atomic E-state index is 0.0406. The lowest BCUT2D eigenvalue weighted by atomic mass is 10.2. The number of carbonyl (C=O) groups is 2. The molecule has 0 aliphatic carbocycles. The van der Waals surface area contributed by atoms with Crippen molar-refractivity contribution in [2.45, 2.75) is 38.9 Å². The number of hydrogen-bond acceptors (Lipinski definition) is 6. The number of thioether (sulfide) groups is 1. The number of nitrogens with zero attached hydrogens (tertiary/aromatic N) is 4. The Morgan fingerprint density at radius 1 is 1.17 bits per heavy atom. The summed E-state index contributed by atoms with van der Waals surface area (Å²) in [6.07, 6.45) is 1.68. The summed E-state index contributed by atoms with van der Waals surface area (Å²) in [6.45, 7) is 7.99. The van der Waals surface area contributed by atoms with E-state index in [1.807, 2.05) is 55.0 Å². The molecule has 0 N–H and O–H groups in total. The summed E-state index contributed by atoms with van der Waals surface area (Å²) in [5, 5.41) is 8.78. The Hall–Kier alpha value is -2.87. The molecule has 0 bridgehead atoms. The third-order valence-corrected chi connectivity index (χ3v) is 5.66. The third kappa shape index (κ3) is 4.27. The van der Waals surface area contributed by atoms with Crippen LogP contribution in [0.4, 0.5) is 0 Å². The van der Waals surface area contributed by atoms with Gasteiger partial charge in [-0.3, -0.25) is 4.79 Å². The van der Waals surface area contributed by atoms with Crippen molar-refractivity contribution in [1.29, 1.82) is 0 Å². The van der Waals surface area contributed by atoms with E-state index in [0.717, 1.165) is 22.2 Å². The van der Waals surface area contributed by atoms with Crippen molar-refractivity contribution >= 4 is 23.5 Å². The molecule has 1 aromatic carbocycles. The molecule has 8 heteroatoms. The fraction of sp³-hybridized carbons (Fsp3) is 0.333. The number of esters is 1. The quantitative estimate of drug-likeness (QED) is 0.331. The highest BCUT2D eigenvalue weighted by atomic mass is 32.2. The van der Waals surface area contributed by atoms with Gasteiger partial charge in [0.05, 0.1) is 18.4 Å². The highest BCUT2D eigenvalue weighted by molar-refractivity contribution is 7.99. The minimum atomic E-state index is -0.375. The average Bonchev–Trinajstić information content (AvgIpc) is 3.30. The van der Waals surface area contributed by atoms with Crippen LogP contribution in [0, 0.1) is 13.8 Å². The van der Waals surface area contributed by atoms with Crippen molar-refractivity contribution in [1.82, 2.24) is 19.3 Å². The van der Waals surface area contributed by atoms with Crippen molar-refractivity contribution < 1.29 is 14.3 Å². The smallest absolute Gasteiger partial charge is 0.337 e. The van der Waals surface area contributed by atoms with Gasteiger partial charge in [0, 0.05) is 28.7 Å². The Labute approximate surface area is 174 Å². The number of hydrogen-bond donors (Lipinski definition) is 0. The van der Waals surface area contributed by atoms with Crippen LogP contribution in [0.25, 0.3) is 5.69 Å². The second-order valence-corrected chi connectivity index (χ2v) is 7.93. The highest BCUT2D eigenvalue weighted by Crippen LogP contribution is 2.25. The summed E-state index contributed by atoms with van der Waals surface area (Å²) in [4.78, 5) is 24.5. The van der Waals surface area contributed by atoms with E-state index in [1.165, 1.54) is 18.9 Å². The van der Waals surface area contributed by atoms with E-state index in [9.17, 15) is 9.59 Å². The van der Waals surface area contributed by atoms with Gasteiger partial charge in [0.2, 0.25) is 0 Å². The fourth-order valence-electron chi connectivity index (χ4n) is 3.20. The summed E-state index contributed by atoms with van der Waals surface area (Å²) in [6, 6.07) is 9.27. The normalized spacial score (nSPS) is 11.1. The van der Waals surface area contributed by atoms with E-state index in [4.69, 9.17) is 4.74 Å². The first-order valence-electron chi connectivity index (χ1n) is 9.26. The van der Waals surface area contributed by atoms with Crippen molar-refractivity contribution in [2.24, 2.45) is 0 Å². The molecule has 0 atom stereocenters. The number of rotatable bonds is 7. The van der Waals surface area contributed by atoms with Gasteiger partial charge < -0.3 is 13.9 Å². The van der Waals surface area contributed by atoms with E-state index < -0.39 is 0 Å². The molecular weight excluding hydrogens is 388 g/mol. The zero-order valence-electron chi connectivity index (χ0n) is 17.2. The largest absolute Gasteiger partial charge is 0.465 e. The topological polar surface area (TPSA) is 79.0 Å². The van der Waals surface area contributed by atoms with Gasteiger partial charge in [-0.15, -0.1) is 10.2 Å². The summed E-state index contributed by atoms with van der Waals surface area (Å²) in [5.74, 6) is -0.0461. The van der Waals surface area contributed by atoms with Crippen LogP contribution in [0.1, 0.15) is 52.0 Å². The van der Waals surface area contributed by atoms with E-state index >= 15 is 0 Å². The first kappa shape index (κ1) is 20.9. The zero-order chi connectivity index (χ0) is 21.1. The number of Topliss-reactive ketones (excluding diaryl/α,β-unsaturated/α-hetero) is 1. The Bertz CT molecular complexity index is 1030. The Morgan fingerprint density at radius 3 is 2.48 bits per heavy atom. The van der Waals surface area contributed by atoms with Crippen LogP contribution in [-0.4, -0.2) is 43.9 Å². The van der Waals surface area contributed by atoms with Crippen LogP contribution in [0.2, 0.25) is 0 Å². The number of carbonyl (C=O) groups excluding carboxylic acids is 2. The van der Waals surface area contributed by atoms with Crippen LogP contribution in [0.5, 0.6) is 0 Å². The molecular formula is C21H24N4O3S. The van der Waals surface area contributed by atoms with E-state index in [0.29, 0.717) is 11.1 Å². The van der Waals surface area contributed by atoms with Crippen LogP contribution in [-0.2, 0) is 4.74 Å². The second-order valence-electron chi connectivity index (χ2n) is 6.99. The first-order valence-corrected chi connectivity index (χ1v) is 10.2. The Balaban J connectivity index is 1.80. The van der Waals surface area contributed by atoms with Crippen molar-refractivity contribution in [2.75, 3.05) is 12.9 Å². The minimum Gasteiger partial charge on any atom is -0.465 e. The van der Waals surface area contributed by atoms with Crippen LogP contribution >= 0.6 is 11.8 Å². The first-order chi connectivity index (χ1) is 13.8. The van der Waals surface area contributed by atoms with Crippen LogP contribution in [0.3, 0.4) is 0 Å². The van der Waals surface area contributed by atoms with Gasteiger partial charge in [-0.1, -0.05) is 11.8 Å². The number of ketones is 1. The van der Waals surface area contributed by atoms with Gasteiger partial charge in [0.25, 0.3) is 0 Å². The molecule has 0 amide bonds. The average molecular weight is 413 g/mol. The van der Waals surface area contributed by atoms with Crippen LogP contribution in [0.15, 0.2) is 41.8 Å². The van der Waals surface area contributed by atoms with Crippen LogP contribution < -0.4 is 0 Å². The number of benzene rings is 1. The fourth-order valence-corrected chi connectivity index (χ4v) is 4.13. The number of aryl methyl sites for hydroxylation is 1. The maximum absolute atomic E-state index is 12.9. The lowest BCUT2D eigenvalue weighted by molar-refractivity contribution is 0.0600. The van der Waals surface area contributed by atoms with Gasteiger partial charge in [-0.2, -0.15) is 0 Å². The highest BCUT2D eigenvalue weighted by Gasteiger charge is 2.18. The molecule has 2 aromatic heterocycles. The maximum Gasteiger partial charge on any atom is 0.337 e. The van der Waals surface area contributed by atoms with Gasteiger partial charge in [0.15, 0.2) is 10.9 Å². The van der Waals surface area contributed by atoms with E-state index in [1.54, 1.807) is 18.5 Å².